The van der Waals surface area contributed by atoms with Gasteiger partial charge >= 0.3 is 0 Å². The molecule has 0 aromatic heterocycles. The Morgan fingerprint density at radius 2 is 2.00 bits per heavy atom. The van der Waals surface area contributed by atoms with Crippen LogP contribution in [0.25, 0.3) is 0 Å². The Balaban J connectivity index is 2.46. The Morgan fingerprint density at radius 3 is 2.62 bits per heavy atom. The highest BCUT2D eigenvalue weighted by atomic mass is 35.5. The summed E-state index contributed by atoms with van der Waals surface area (Å²) in [6.45, 7) is 7.98. The fourth-order valence-electron chi connectivity index (χ4n) is 1.36. The highest BCUT2D eigenvalue weighted by Gasteiger charge is 2.08. The third-order valence-electron chi connectivity index (χ3n) is 2.95. The summed E-state index contributed by atoms with van der Waals surface area (Å²) in [5.41, 5.74) is 0.628. The van der Waals surface area contributed by atoms with Crippen LogP contribution >= 0.6 is 11.6 Å². The monoisotopic (exact) mass is 243 g/mol. The van der Waals surface area contributed by atoms with E-state index in [-0.39, 0.29) is 10.8 Å². The van der Waals surface area contributed by atoms with E-state index in [1.807, 2.05) is 0 Å². The fraction of sp³-hybridized carbons (Fsp3) is 0.538. The van der Waals surface area contributed by atoms with Crippen LogP contribution < -0.4 is 5.32 Å². The van der Waals surface area contributed by atoms with Crippen molar-refractivity contribution in [3.8, 4) is 0 Å². The van der Waals surface area contributed by atoms with Crippen LogP contribution in [0.2, 0.25) is 5.02 Å². The van der Waals surface area contributed by atoms with Crippen LogP contribution in [-0.2, 0) is 6.54 Å². The zero-order chi connectivity index (χ0) is 12.1. The Bertz CT molecular complexity index is 339. The fourth-order valence-corrected chi connectivity index (χ4v) is 1.55. The Labute approximate surface area is 102 Å². The van der Waals surface area contributed by atoms with Gasteiger partial charge in [-0.05, 0) is 24.4 Å². The maximum atomic E-state index is 13.5. The molecule has 3 heteroatoms. The maximum Gasteiger partial charge on any atom is 0.146 e. The summed E-state index contributed by atoms with van der Waals surface area (Å²) in [5, 5.41) is 3.44. The molecule has 1 nitrogen and oxygen atoms in total. The lowest BCUT2D eigenvalue weighted by Gasteiger charge is -2.16. The first-order chi connectivity index (χ1) is 7.52. The van der Waals surface area contributed by atoms with Gasteiger partial charge in [0.25, 0.3) is 0 Å². The number of nitrogens with one attached hydrogen (secondary N) is 1. The van der Waals surface area contributed by atoms with Crippen LogP contribution in [0.15, 0.2) is 18.2 Å². The van der Waals surface area contributed by atoms with Gasteiger partial charge in [0.1, 0.15) is 5.82 Å². The van der Waals surface area contributed by atoms with Crippen molar-refractivity contribution in [2.45, 2.75) is 27.3 Å². The summed E-state index contributed by atoms with van der Waals surface area (Å²) in [7, 11) is 0. The average molecular weight is 244 g/mol. The molecule has 90 valence electrons. The molecule has 0 heterocycles. The van der Waals surface area contributed by atoms with Crippen LogP contribution in [0.4, 0.5) is 4.39 Å². The van der Waals surface area contributed by atoms with Crippen LogP contribution in [0.5, 0.6) is 0 Å². The summed E-state index contributed by atoms with van der Waals surface area (Å²) >= 11 is 5.70. The molecule has 0 bridgehead atoms. The van der Waals surface area contributed by atoms with E-state index in [0.717, 1.165) is 6.54 Å². The molecule has 1 N–H and O–H groups in total. The van der Waals surface area contributed by atoms with Gasteiger partial charge in [0.2, 0.25) is 0 Å². The number of halogens is 2. The molecule has 1 atom stereocenters. The van der Waals surface area contributed by atoms with E-state index in [4.69, 9.17) is 11.6 Å². The number of benzene rings is 1. The van der Waals surface area contributed by atoms with E-state index in [1.54, 1.807) is 18.2 Å². The van der Waals surface area contributed by atoms with E-state index in [2.05, 4.69) is 26.1 Å². The van der Waals surface area contributed by atoms with E-state index in [1.165, 1.54) is 0 Å². The van der Waals surface area contributed by atoms with Crippen LogP contribution in [0, 0.1) is 17.7 Å². The average Bonchev–Trinajstić information content (AvgIpc) is 2.24. The normalized spacial score (nSPS) is 13.1. The zero-order valence-corrected chi connectivity index (χ0v) is 10.8. The standard InChI is InChI=1S/C13H19ClFN/c1-9(2)10(3)7-16-8-11-5-4-6-12(14)13(11)15/h4-6,9-10,16H,7-8H2,1-3H3. The second-order valence-corrected chi connectivity index (χ2v) is 4.97. The molecule has 1 unspecified atom stereocenters. The lowest BCUT2D eigenvalue weighted by atomic mass is 9.98. The summed E-state index contributed by atoms with van der Waals surface area (Å²) in [5.74, 6) is 0.910. The molecule has 0 saturated carbocycles. The third-order valence-corrected chi connectivity index (χ3v) is 3.24. The minimum Gasteiger partial charge on any atom is -0.312 e. The summed E-state index contributed by atoms with van der Waals surface area (Å²) in [6, 6.07) is 5.10. The number of hydrogen-bond acceptors (Lipinski definition) is 1. The SMILES string of the molecule is CC(C)C(C)CNCc1cccc(Cl)c1F. The summed E-state index contributed by atoms with van der Waals surface area (Å²) in [6.07, 6.45) is 0. The summed E-state index contributed by atoms with van der Waals surface area (Å²) in [4.78, 5) is 0. The first kappa shape index (κ1) is 13.5. The minimum absolute atomic E-state index is 0.191. The highest BCUT2D eigenvalue weighted by Crippen LogP contribution is 2.17. The lowest BCUT2D eigenvalue weighted by molar-refractivity contribution is 0.391. The van der Waals surface area contributed by atoms with E-state index < -0.39 is 0 Å². The molecule has 1 aromatic carbocycles. The second kappa shape index (κ2) is 6.21. The van der Waals surface area contributed by atoms with Crippen LogP contribution in [-0.4, -0.2) is 6.54 Å². The highest BCUT2D eigenvalue weighted by molar-refractivity contribution is 6.30. The molecule has 0 spiro atoms. The molecule has 0 fully saturated rings. The van der Waals surface area contributed by atoms with Gasteiger partial charge in [0.15, 0.2) is 0 Å². The molecule has 0 amide bonds. The predicted molar refractivity (Wildman–Crippen MR) is 67.1 cm³/mol. The molecule has 0 aliphatic rings. The minimum atomic E-state index is -0.311. The second-order valence-electron chi connectivity index (χ2n) is 4.57. The van der Waals surface area contributed by atoms with Crippen molar-refractivity contribution >= 4 is 11.6 Å². The zero-order valence-electron chi connectivity index (χ0n) is 10.1. The van der Waals surface area contributed by atoms with Crippen molar-refractivity contribution in [1.29, 1.82) is 0 Å². The van der Waals surface area contributed by atoms with E-state index in [9.17, 15) is 4.39 Å². The van der Waals surface area contributed by atoms with E-state index >= 15 is 0 Å². The van der Waals surface area contributed by atoms with Crippen molar-refractivity contribution in [1.82, 2.24) is 5.32 Å². The van der Waals surface area contributed by atoms with E-state index in [0.29, 0.717) is 23.9 Å². The van der Waals surface area contributed by atoms with Gasteiger partial charge in [-0.25, -0.2) is 4.39 Å². The third kappa shape index (κ3) is 3.76. The van der Waals surface area contributed by atoms with Crippen molar-refractivity contribution in [3.05, 3.63) is 34.6 Å². The van der Waals surface area contributed by atoms with Gasteiger partial charge in [0.05, 0.1) is 5.02 Å². The molecular formula is C13H19ClFN. The van der Waals surface area contributed by atoms with Gasteiger partial charge in [-0.2, -0.15) is 0 Å². The first-order valence-corrected chi connectivity index (χ1v) is 6.03. The molecule has 0 aliphatic carbocycles. The van der Waals surface area contributed by atoms with Crippen molar-refractivity contribution in [2.75, 3.05) is 6.54 Å². The number of rotatable bonds is 5. The predicted octanol–water partition coefficient (Wildman–Crippen LogP) is 3.86. The topological polar surface area (TPSA) is 12.0 Å². The quantitative estimate of drug-likeness (QED) is 0.828. The largest absolute Gasteiger partial charge is 0.312 e. The Hall–Kier alpha value is -0.600. The lowest BCUT2D eigenvalue weighted by Crippen LogP contribution is -2.24. The van der Waals surface area contributed by atoms with Gasteiger partial charge in [-0.3, -0.25) is 0 Å². The van der Waals surface area contributed by atoms with Crippen molar-refractivity contribution < 1.29 is 4.39 Å². The Morgan fingerprint density at radius 1 is 1.31 bits per heavy atom. The Kier molecular flexibility index (Phi) is 5.23. The van der Waals surface area contributed by atoms with Gasteiger partial charge < -0.3 is 5.32 Å². The molecule has 0 aliphatic heterocycles. The molecule has 0 saturated heterocycles. The van der Waals surface area contributed by atoms with Crippen LogP contribution in [0.1, 0.15) is 26.3 Å². The first-order valence-electron chi connectivity index (χ1n) is 5.66. The van der Waals surface area contributed by atoms with Crippen molar-refractivity contribution in [3.63, 3.8) is 0 Å². The molecule has 1 rings (SSSR count). The molecule has 1 aromatic rings. The van der Waals surface area contributed by atoms with Crippen molar-refractivity contribution in [2.24, 2.45) is 11.8 Å². The van der Waals surface area contributed by atoms with Gasteiger partial charge in [0, 0.05) is 12.1 Å². The smallest absolute Gasteiger partial charge is 0.146 e. The van der Waals surface area contributed by atoms with Gasteiger partial charge in [-0.15, -0.1) is 0 Å². The molecule has 16 heavy (non-hydrogen) atoms. The summed E-state index contributed by atoms with van der Waals surface area (Å²) < 4.78 is 13.5. The van der Waals surface area contributed by atoms with Gasteiger partial charge in [-0.1, -0.05) is 44.5 Å². The van der Waals surface area contributed by atoms with Crippen LogP contribution in [0.3, 0.4) is 0 Å². The molecule has 0 radical (unpaired) electrons. The molecular weight excluding hydrogens is 225 g/mol. The number of hydrogen-bond donors (Lipinski definition) is 1. The maximum absolute atomic E-state index is 13.5.